The van der Waals surface area contributed by atoms with Crippen molar-refractivity contribution in [2.75, 3.05) is 0 Å². The minimum absolute atomic E-state index is 0.0152. The number of halogens is 3. The van der Waals surface area contributed by atoms with Gasteiger partial charge in [-0.3, -0.25) is 9.71 Å². The molecule has 8 heteroatoms. The molecule has 4 rings (SSSR count). The molecule has 0 amide bonds. The first-order valence-corrected chi connectivity index (χ1v) is 11.4. The fraction of sp³-hybridized carbons (Fsp3) is 0.417. The van der Waals surface area contributed by atoms with Gasteiger partial charge in [-0.2, -0.15) is 18.4 Å². The monoisotopic (exact) mass is 458 g/mol. The van der Waals surface area contributed by atoms with Gasteiger partial charge >= 0.3 is 6.18 Å². The van der Waals surface area contributed by atoms with Crippen molar-refractivity contribution in [3.63, 3.8) is 0 Å². The molecule has 0 radical (unpaired) electrons. The van der Waals surface area contributed by atoms with Crippen molar-refractivity contribution in [3.05, 3.63) is 53.5 Å². The highest BCUT2D eigenvalue weighted by Crippen LogP contribution is 2.39. The van der Waals surface area contributed by atoms with E-state index in [0.717, 1.165) is 22.7 Å². The third kappa shape index (κ3) is 4.94. The zero-order chi connectivity index (χ0) is 23.1. The Morgan fingerprint density at radius 3 is 2.59 bits per heavy atom. The third-order valence-corrected chi connectivity index (χ3v) is 6.39. The lowest BCUT2D eigenvalue weighted by atomic mass is 9.96. The maximum absolute atomic E-state index is 13.7. The van der Waals surface area contributed by atoms with Gasteiger partial charge < -0.3 is 4.57 Å². The van der Waals surface area contributed by atoms with Gasteiger partial charge in [0.05, 0.1) is 11.6 Å². The minimum atomic E-state index is -4.65. The van der Waals surface area contributed by atoms with E-state index in [2.05, 4.69) is 41.2 Å². The molecule has 1 saturated carbocycles. The van der Waals surface area contributed by atoms with Crippen LogP contribution in [0.3, 0.4) is 0 Å². The van der Waals surface area contributed by atoms with Crippen molar-refractivity contribution in [1.82, 2.24) is 14.3 Å². The summed E-state index contributed by atoms with van der Waals surface area (Å²) in [5.74, 6) is 0. The Balaban J connectivity index is 1.83. The smallest absolute Gasteiger partial charge is 0.347 e. The Bertz CT molecular complexity index is 1180. The van der Waals surface area contributed by atoms with Crippen LogP contribution in [0.2, 0.25) is 0 Å². The summed E-state index contributed by atoms with van der Waals surface area (Å²) in [5, 5.41) is 11.2. The van der Waals surface area contributed by atoms with Gasteiger partial charge in [-0.05, 0) is 41.5 Å². The lowest BCUT2D eigenvalue weighted by Gasteiger charge is -2.20. The molecule has 0 spiro atoms. The van der Waals surface area contributed by atoms with Crippen LogP contribution in [0.15, 0.2) is 36.7 Å². The molecular weight excluding hydrogens is 433 g/mol. The van der Waals surface area contributed by atoms with E-state index in [9.17, 15) is 18.4 Å². The zero-order valence-corrected chi connectivity index (χ0v) is 19.1. The largest absolute Gasteiger partial charge is 0.434 e. The Morgan fingerprint density at radius 1 is 1.22 bits per heavy atom. The van der Waals surface area contributed by atoms with Gasteiger partial charge in [0.2, 0.25) is 0 Å². The minimum Gasteiger partial charge on any atom is -0.347 e. The third-order valence-electron chi connectivity index (χ3n) is 5.28. The van der Waals surface area contributed by atoms with Crippen LogP contribution in [-0.4, -0.2) is 14.8 Å². The van der Waals surface area contributed by atoms with Crippen LogP contribution in [0, 0.1) is 16.7 Å². The van der Waals surface area contributed by atoms with Gasteiger partial charge in [-0.15, -0.1) is 0 Å². The predicted molar refractivity (Wildman–Crippen MR) is 122 cm³/mol. The molecule has 1 N–H and O–H groups in total. The Hall–Kier alpha value is -2.50. The molecule has 32 heavy (non-hydrogen) atoms. The van der Waals surface area contributed by atoms with Gasteiger partial charge in [0, 0.05) is 47.2 Å². The number of nitrogens with zero attached hydrogens (tertiary/aromatic N) is 3. The first-order valence-electron chi connectivity index (χ1n) is 10.5. The number of nitrogens with one attached hydrogen (secondary N) is 1. The fourth-order valence-corrected chi connectivity index (χ4v) is 4.64. The van der Waals surface area contributed by atoms with Crippen LogP contribution in [0.1, 0.15) is 50.4 Å². The topological polar surface area (TPSA) is 53.6 Å². The van der Waals surface area contributed by atoms with Crippen molar-refractivity contribution in [2.45, 2.75) is 58.1 Å². The van der Waals surface area contributed by atoms with Gasteiger partial charge in [0.15, 0.2) is 5.69 Å². The molecule has 4 nitrogen and oxygen atoms in total. The van der Waals surface area contributed by atoms with E-state index >= 15 is 0 Å². The molecule has 0 saturated heterocycles. The number of alkyl halides is 3. The summed E-state index contributed by atoms with van der Waals surface area (Å²) in [5.41, 5.74) is 1.04. The summed E-state index contributed by atoms with van der Waals surface area (Å²) in [4.78, 5) is 3.57. The summed E-state index contributed by atoms with van der Waals surface area (Å²) in [6.45, 7) is 7.77. The second-order valence-corrected chi connectivity index (χ2v) is 10.6. The molecule has 0 bridgehead atoms. The van der Waals surface area contributed by atoms with Gasteiger partial charge in [-0.25, -0.2) is 0 Å². The van der Waals surface area contributed by atoms with Gasteiger partial charge in [0.25, 0.3) is 0 Å². The predicted octanol–water partition coefficient (Wildman–Crippen LogP) is 6.54. The van der Waals surface area contributed by atoms with Crippen molar-refractivity contribution in [3.8, 4) is 17.2 Å². The molecule has 1 aliphatic carbocycles. The molecule has 2 aromatic heterocycles. The van der Waals surface area contributed by atoms with E-state index in [0.29, 0.717) is 23.9 Å². The summed E-state index contributed by atoms with van der Waals surface area (Å²) in [7, 11) is 0. The Kier molecular flexibility index (Phi) is 5.99. The first-order chi connectivity index (χ1) is 15.1. The molecule has 3 aromatic rings. The van der Waals surface area contributed by atoms with Crippen LogP contribution in [0.4, 0.5) is 13.2 Å². The average Bonchev–Trinajstić information content (AvgIpc) is 3.48. The number of pyridine rings is 1. The molecule has 0 unspecified atom stereocenters. The Labute approximate surface area is 190 Å². The maximum atomic E-state index is 13.7. The van der Waals surface area contributed by atoms with E-state index in [1.54, 1.807) is 24.1 Å². The lowest BCUT2D eigenvalue weighted by Crippen LogP contribution is -2.15. The standard InChI is InChI=1S/C24H25F3N4S/c1-23(2,3)14-31-13-17(12-30-32-18-5-6-18)19-7-4-15(10-20(19)31)21-16(11-28)8-9-29-22(21)24(25,26)27/h4,7-10,13,18,30H,5-6,12,14H2,1-3H3. The molecule has 0 aliphatic heterocycles. The van der Waals surface area contributed by atoms with Gasteiger partial charge in [-0.1, -0.05) is 44.9 Å². The highest BCUT2D eigenvalue weighted by Gasteiger charge is 2.37. The van der Waals surface area contributed by atoms with Crippen molar-refractivity contribution in [1.29, 1.82) is 5.26 Å². The van der Waals surface area contributed by atoms with E-state index in [1.165, 1.54) is 18.9 Å². The molecule has 0 atom stereocenters. The quantitative estimate of drug-likeness (QED) is 0.426. The second-order valence-electron chi connectivity index (χ2n) is 9.40. The second kappa shape index (κ2) is 8.45. The number of fused-ring (bicyclic) bond motifs is 1. The van der Waals surface area contributed by atoms with Crippen molar-refractivity contribution < 1.29 is 13.2 Å². The molecular formula is C24H25F3N4S. The first kappa shape index (κ1) is 22.7. The molecule has 2 heterocycles. The average molecular weight is 459 g/mol. The summed E-state index contributed by atoms with van der Waals surface area (Å²) in [6, 6.07) is 8.50. The normalized spacial score (nSPS) is 14.7. The molecule has 1 aliphatic rings. The molecule has 1 aromatic carbocycles. The van der Waals surface area contributed by atoms with E-state index in [1.807, 2.05) is 12.1 Å². The van der Waals surface area contributed by atoms with E-state index in [4.69, 9.17) is 0 Å². The fourth-order valence-electron chi connectivity index (χ4n) is 3.79. The molecule has 1 fully saturated rings. The van der Waals surface area contributed by atoms with Crippen LogP contribution >= 0.6 is 11.9 Å². The maximum Gasteiger partial charge on any atom is 0.434 e. The highest BCUT2D eigenvalue weighted by molar-refractivity contribution is 7.98. The van der Waals surface area contributed by atoms with Gasteiger partial charge in [0.1, 0.15) is 0 Å². The van der Waals surface area contributed by atoms with Crippen LogP contribution in [-0.2, 0) is 19.3 Å². The number of hydrogen-bond donors (Lipinski definition) is 1. The SMILES string of the molecule is CC(C)(C)Cn1cc(CNSC2CC2)c2ccc(-c3c(C#N)ccnc3C(F)(F)F)cc21. The zero-order valence-electron chi connectivity index (χ0n) is 18.3. The number of nitriles is 1. The van der Waals surface area contributed by atoms with E-state index in [-0.39, 0.29) is 16.5 Å². The van der Waals surface area contributed by atoms with Crippen molar-refractivity contribution >= 4 is 22.9 Å². The summed E-state index contributed by atoms with van der Waals surface area (Å²) in [6.07, 6.45) is 0.938. The number of rotatable bonds is 6. The highest BCUT2D eigenvalue weighted by atomic mass is 32.2. The van der Waals surface area contributed by atoms with Crippen LogP contribution < -0.4 is 4.72 Å². The summed E-state index contributed by atoms with van der Waals surface area (Å²) >= 11 is 1.75. The number of aromatic nitrogens is 2. The number of benzene rings is 1. The van der Waals surface area contributed by atoms with Crippen LogP contribution in [0.25, 0.3) is 22.0 Å². The summed E-state index contributed by atoms with van der Waals surface area (Å²) < 4.78 is 46.6. The lowest BCUT2D eigenvalue weighted by molar-refractivity contribution is -0.140. The van der Waals surface area contributed by atoms with E-state index < -0.39 is 11.9 Å². The molecule has 168 valence electrons. The van der Waals surface area contributed by atoms with Crippen molar-refractivity contribution in [2.24, 2.45) is 5.41 Å². The van der Waals surface area contributed by atoms with Crippen LogP contribution in [0.5, 0.6) is 0 Å². The Morgan fingerprint density at radius 2 is 1.97 bits per heavy atom. The number of hydrogen-bond acceptors (Lipinski definition) is 4.